The van der Waals surface area contributed by atoms with Crippen molar-refractivity contribution in [3.8, 4) is 0 Å². The second kappa shape index (κ2) is 24.1. The van der Waals surface area contributed by atoms with E-state index in [1.165, 1.54) is 4.90 Å². The highest BCUT2D eigenvalue weighted by Crippen LogP contribution is 2.37. The molecule has 3 fully saturated rings. The van der Waals surface area contributed by atoms with E-state index in [1.807, 2.05) is 58.1 Å². The molecule has 326 valence electrons. The maximum absolute atomic E-state index is 14.0. The Kier molecular flexibility index (Phi) is 20.4. The Bertz CT molecular complexity index is 1490. The van der Waals surface area contributed by atoms with Gasteiger partial charge in [0, 0.05) is 38.3 Å². The highest BCUT2D eigenvalue weighted by atomic mass is 16.6. The summed E-state index contributed by atoms with van der Waals surface area (Å²) in [4.78, 5) is 66.2. The van der Waals surface area contributed by atoms with Crippen LogP contribution >= 0.6 is 0 Å². The number of hydrogen-bond donors (Lipinski definition) is 3. The molecule has 0 radical (unpaired) electrons. The fourth-order valence-corrected chi connectivity index (χ4v) is 8.50. The van der Waals surface area contributed by atoms with E-state index >= 15 is 0 Å². The molecule has 58 heavy (non-hydrogen) atoms. The average Bonchev–Trinajstić information content (AvgIpc) is 3.21. The first-order valence-electron chi connectivity index (χ1n) is 21.5. The highest BCUT2D eigenvalue weighted by Gasteiger charge is 2.53. The number of likely N-dealkylation sites (tertiary alicyclic amines) is 1. The summed E-state index contributed by atoms with van der Waals surface area (Å²) in [6.07, 6.45) is 18.2. The van der Waals surface area contributed by atoms with Gasteiger partial charge < -0.3 is 34.4 Å². The van der Waals surface area contributed by atoms with E-state index in [0.29, 0.717) is 62.9 Å². The molecular weight excluding hydrogens is 743 g/mol. The summed E-state index contributed by atoms with van der Waals surface area (Å²) in [6.45, 7) is 10.9. The monoisotopic (exact) mass is 814 g/mol. The van der Waals surface area contributed by atoms with Crippen LogP contribution in [0.1, 0.15) is 125 Å². The first-order chi connectivity index (χ1) is 27.5. The maximum Gasteiger partial charge on any atom is 0.329 e. The number of allylic oxidation sites excluding steroid dienone is 6. The number of amides is 1. The molecule has 9 atom stereocenters. The predicted octanol–water partition coefficient (Wildman–Crippen LogP) is 6.15. The zero-order valence-corrected chi connectivity index (χ0v) is 36.0. The summed E-state index contributed by atoms with van der Waals surface area (Å²) in [5.41, 5.74) is 1.42. The van der Waals surface area contributed by atoms with Crippen LogP contribution in [0, 0.1) is 29.6 Å². The number of ether oxygens (including phenoxy) is 3. The third kappa shape index (κ3) is 14.5. The summed E-state index contributed by atoms with van der Waals surface area (Å²) in [5, 5.41) is 30.9. The van der Waals surface area contributed by atoms with Crippen LogP contribution in [0.5, 0.6) is 0 Å². The Hall–Kier alpha value is -3.29. The van der Waals surface area contributed by atoms with Crippen molar-refractivity contribution in [1.82, 2.24) is 4.90 Å². The van der Waals surface area contributed by atoms with Gasteiger partial charge in [0.2, 0.25) is 5.79 Å². The number of hydrogen-bond acceptors (Lipinski definition) is 11. The van der Waals surface area contributed by atoms with E-state index in [9.17, 15) is 34.2 Å². The number of methoxy groups -OCH3 is 1. The molecule has 0 unspecified atom stereocenters. The largest absolute Gasteiger partial charge is 0.460 e. The fraction of sp³-hybridized carbons (Fsp3) is 0.717. The molecule has 2 heterocycles. The van der Waals surface area contributed by atoms with E-state index < -0.39 is 60.3 Å². The molecule has 1 amide bonds. The zero-order chi connectivity index (χ0) is 43.0. The number of aliphatic hydroxyl groups excluding tert-OH is 2. The third-order valence-electron chi connectivity index (χ3n) is 12.5. The van der Waals surface area contributed by atoms with Crippen LogP contribution < -0.4 is 0 Å². The van der Waals surface area contributed by atoms with Crippen LogP contribution in [-0.2, 0) is 38.2 Å². The molecule has 3 aliphatic rings. The molecule has 12 nitrogen and oxygen atoms in total. The number of carbonyl (C=O) groups excluding carboxylic acids is 5. The molecule has 1 aliphatic carbocycles. The lowest BCUT2D eigenvalue weighted by molar-refractivity contribution is -0.265. The van der Waals surface area contributed by atoms with E-state index in [0.717, 1.165) is 44.0 Å². The van der Waals surface area contributed by atoms with Gasteiger partial charge in [-0.3, -0.25) is 19.2 Å². The molecule has 0 aromatic carbocycles. The van der Waals surface area contributed by atoms with Crippen molar-refractivity contribution in [2.24, 2.45) is 29.6 Å². The molecule has 3 rings (SSSR count). The highest BCUT2D eigenvalue weighted by molar-refractivity contribution is 6.39. The van der Waals surface area contributed by atoms with Gasteiger partial charge in [-0.05, 0) is 113 Å². The van der Waals surface area contributed by atoms with E-state index in [4.69, 9.17) is 19.3 Å². The number of carbonyl (C=O) groups is 5. The van der Waals surface area contributed by atoms with Crippen molar-refractivity contribution in [1.29, 1.82) is 0 Å². The Morgan fingerprint density at radius 3 is 2.31 bits per heavy atom. The minimum Gasteiger partial charge on any atom is -0.460 e. The molecule has 2 saturated heterocycles. The summed E-state index contributed by atoms with van der Waals surface area (Å²) in [7, 11) is 1.58. The van der Waals surface area contributed by atoms with Crippen molar-refractivity contribution in [3.63, 3.8) is 0 Å². The Labute approximate surface area is 346 Å². The molecule has 0 aromatic rings. The number of piperidine rings is 1. The van der Waals surface area contributed by atoms with Gasteiger partial charge in [-0.15, -0.1) is 0 Å². The van der Waals surface area contributed by atoms with Crippen LogP contribution in [0.3, 0.4) is 0 Å². The molecule has 12 heteroatoms. The molecule has 1 saturated carbocycles. The van der Waals surface area contributed by atoms with Crippen molar-refractivity contribution >= 4 is 29.7 Å². The van der Waals surface area contributed by atoms with Crippen molar-refractivity contribution in [2.45, 2.75) is 161 Å². The molecule has 3 N–H and O–H groups in total. The second-order valence-electron chi connectivity index (χ2n) is 17.3. The van der Waals surface area contributed by atoms with Crippen molar-refractivity contribution in [2.75, 3.05) is 20.3 Å². The quantitative estimate of drug-likeness (QED) is 0.0398. The van der Waals surface area contributed by atoms with Crippen LogP contribution in [0.15, 0.2) is 47.6 Å². The smallest absolute Gasteiger partial charge is 0.329 e. The van der Waals surface area contributed by atoms with Gasteiger partial charge in [-0.25, -0.2) is 4.79 Å². The minimum absolute atomic E-state index is 0.0503. The average molecular weight is 814 g/mol. The Morgan fingerprint density at radius 2 is 1.66 bits per heavy atom. The predicted molar refractivity (Wildman–Crippen MR) is 221 cm³/mol. The topological polar surface area (TPSA) is 177 Å². The van der Waals surface area contributed by atoms with Gasteiger partial charge in [0.05, 0.1) is 18.3 Å². The van der Waals surface area contributed by atoms with Gasteiger partial charge in [-0.2, -0.15) is 0 Å². The number of esters is 1. The van der Waals surface area contributed by atoms with Crippen molar-refractivity contribution in [3.05, 3.63) is 47.6 Å². The number of nitrogens with zero attached hydrogens (tertiary/aromatic N) is 1. The van der Waals surface area contributed by atoms with E-state index in [2.05, 4.69) is 0 Å². The van der Waals surface area contributed by atoms with Crippen LogP contribution in [0.4, 0.5) is 0 Å². The molecular formula is C46H71NO11. The van der Waals surface area contributed by atoms with Gasteiger partial charge in [0.15, 0.2) is 5.78 Å². The number of Topliss-reactive ketones (excluding diaryl/α,β-unsaturated/α-hetero) is 2. The number of aliphatic hydroxyl groups is 3. The summed E-state index contributed by atoms with van der Waals surface area (Å²) >= 11 is 0. The van der Waals surface area contributed by atoms with Crippen LogP contribution in [0.2, 0.25) is 0 Å². The standard InChI is InChI=1S/C46H71NO11/c1-30(25-33(4)40(51)29-49)13-9-8-10-14-32(3)42(56-7)27-38-22-17-35(6)46(55,58-38)43(52)44(53)47-24-12-11-15-39(47)45(54)57-41(23-16-31(2)28-48)34(5)26-36-18-20-37(50)21-19-36/h8-10,13-14,16,28,30,33-39,41-42,49-50,55H,11-12,15,17-27,29H2,1-7H3/b10-8+,13-9+,31-16+,32-14+/t30-,33-,34-,35-,36?,37?,38+,39+,41+,42+,46-/m1/s1. The van der Waals surface area contributed by atoms with E-state index in [-0.39, 0.29) is 36.2 Å². The Morgan fingerprint density at radius 1 is 0.948 bits per heavy atom. The lowest BCUT2D eigenvalue weighted by Gasteiger charge is -2.42. The molecule has 2 aliphatic heterocycles. The van der Waals surface area contributed by atoms with Gasteiger partial charge in [0.1, 0.15) is 25.0 Å². The summed E-state index contributed by atoms with van der Waals surface area (Å²) in [5.74, 6) is -5.63. The molecule has 0 bridgehead atoms. The maximum atomic E-state index is 14.0. The zero-order valence-electron chi connectivity index (χ0n) is 36.0. The van der Waals surface area contributed by atoms with Crippen LogP contribution in [-0.4, -0.2) is 106 Å². The summed E-state index contributed by atoms with van der Waals surface area (Å²) in [6, 6.07) is -1.00. The van der Waals surface area contributed by atoms with Crippen LogP contribution in [0.25, 0.3) is 0 Å². The minimum atomic E-state index is -2.38. The number of rotatable bonds is 21. The number of ketones is 2. The van der Waals surface area contributed by atoms with Gasteiger partial charge >= 0.3 is 5.97 Å². The first-order valence-corrected chi connectivity index (χ1v) is 21.5. The Balaban J connectivity index is 1.68. The lowest BCUT2D eigenvalue weighted by Crippen LogP contribution is -2.61. The van der Waals surface area contributed by atoms with Gasteiger partial charge in [-0.1, -0.05) is 64.2 Å². The first kappa shape index (κ1) is 49.1. The van der Waals surface area contributed by atoms with E-state index in [1.54, 1.807) is 27.0 Å². The van der Waals surface area contributed by atoms with Gasteiger partial charge in [0.25, 0.3) is 11.7 Å². The fourth-order valence-electron chi connectivity index (χ4n) is 8.50. The third-order valence-corrected chi connectivity index (χ3v) is 12.5. The SMILES string of the molecule is CO[C@@H](C[C@@H]1CC[C@@H](C)[C@](O)(C(=O)C(=O)N2CCCC[C@H]2C(=O)O[C@@H](C/C=C(\C)C=O)[C@H](C)CC2CCC(O)CC2)O1)/C(C)=C/C=C/C=C/[C@@H](C)C[C@@H](C)C(=O)CO. The molecule has 0 aromatic heterocycles. The normalized spacial score (nSPS) is 28.8. The number of aldehydes is 1. The molecule has 0 spiro atoms. The lowest BCUT2D eigenvalue weighted by atomic mass is 9.80. The second-order valence-corrected chi connectivity index (χ2v) is 17.3. The summed E-state index contributed by atoms with van der Waals surface area (Å²) < 4.78 is 18.0. The van der Waals surface area contributed by atoms with Crippen molar-refractivity contribution < 1.29 is 53.5 Å².